The number of carbonyl (C=O) groups is 2. The maximum absolute atomic E-state index is 12.3. The highest BCUT2D eigenvalue weighted by atomic mass is 16.5. The van der Waals surface area contributed by atoms with Gasteiger partial charge in [-0.3, -0.25) is 4.79 Å². The smallest absolute Gasteiger partial charge is 0.331 e. The van der Waals surface area contributed by atoms with Crippen LogP contribution in [0.1, 0.15) is 36.9 Å². The van der Waals surface area contributed by atoms with Crippen molar-refractivity contribution in [3.05, 3.63) is 65.7 Å². The van der Waals surface area contributed by atoms with Crippen LogP contribution in [0.4, 0.5) is 0 Å². The summed E-state index contributed by atoms with van der Waals surface area (Å²) >= 11 is 0. The Morgan fingerprint density at radius 1 is 1.13 bits per heavy atom. The van der Waals surface area contributed by atoms with E-state index in [2.05, 4.69) is 5.32 Å². The van der Waals surface area contributed by atoms with Gasteiger partial charge in [-0.25, -0.2) is 4.79 Å². The second-order valence-electron chi connectivity index (χ2n) is 7.08. The van der Waals surface area contributed by atoms with Crippen LogP contribution in [0.15, 0.2) is 54.6 Å². The van der Waals surface area contributed by atoms with Gasteiger partial charge >= 0.3 is 5.97 Å². The first-order valence-corrected chi connectivity index (χ1v) is 10.1. The summed E-state index contributed by atoms with van der Waals surface area (Å²) in [6.07, 6.45) is 5.08. The van der Waals surface area contributed by atoms with E-state index in [0.717, 1.165) is 24.0 Å². The Kier molecular flexibility index (Phi) is 7.49. The lowest BCUT2D eigenvalue weighted by Gasteiger charge is -2.18. The number of ether oxygens (including phenoxy) is 3. The summed E-state index contributed by atoms with van der Waals surface area (Å²) in [5, 5.41) is 2.99. The molecular weight excluding hydrogens is 382 g/mol. The zero-order valence-corrected chi connectivity index (χ0v) is 17.3. The number of nitrogens with one attached hydrogen (secondary N) is 1. The van der Waals surface area contributed by atoms with Gasteiger partial charge in [-0.15, -0.1) is 0 Å². The molecule has 0 radical (unpaired) electrons. The number of hydrogen-bond acceptors (Lipinski definition) is 5. The number of amides is 1. The third kappa shape index (κ3) is 6.11. The first kappa shape index (κ1) is 21.4. The van der Waals surface area contributed by atoms with Crippen molar-refractivity contribution in [2.75, 3.05) is 20.3 Å². The van der Waals surface area contributed by atoms with E-state index in [4.69, 9.17) is 14.2 Å². The number of esters is 1. The SMILES string of the molecule is CCOc1ccc(/C=C/C(=O)OCC(=O)NC(c2ccccc2)C2CC2)cc1OC. The Hall–Kier alpha value is -3.28. The van der Waals surface area contributed by atoms with Crippen molar-refractivity contribution in [1.29, 1.82) is 0 Å². The number of rotatable bonds is 10. The molecule has 2 aromatic carbocycles. The molecule has 0 aromatic heterocycles. The van der Waals surface area contributed by atoms with Gasteiger partial charge in [0.05, 0.1) is 19.8 Å². The van der Waals surface area contributed by atoms with E-state index in [1.54, 1.807) is 25.3 Å². The van der Waals surface area contributed by atoms with Crippen molar-refractivity contribution in [2.45, 2.75) is 25.8 Å². The van der Waals surface area contributed by atoms with E-state index in [-0.39, 0.29) is 18.6 Å². The van der Waals surface area contributed by atoms with Crippen molar-refractivity contribution in [3.8, 4) is 11.5 Å². The molecule has 0 spiro atoms. The van der Waals surface area contributed by atoms with Crippen LogP contribution in [-0.2, 0) is 14.3 Å². The normalized spacial score (nSPS) is 14.2. The zero-order chi connectivity index (χ0) is 21.3. The van der Waals surface area contributed by atoms with E-state index in [9.17, 15) is 9.59 Å². The predicted molar refractivity (Wildman–Crippen MR) is 114 cm³/mol. The average molecular weight is 409 g/mol. The highest BCUT2D eigenvalue weighted by Crippen LogP contribution is 2.40. The monoisotopic (exact) mass is 409 g/mol. The van der Waals surface area contributed by atoms with Gasteiger partial charge in [-0.1, -0.05) is 36.4 Å². The minimum Gasteiger partial charge on any atom is -0.493 e. The van der Waals surface area contributed by atoms with Crippen LogP contribution in [0.3, 0.4) is 0 Å². The van der Waals surface area contributed by atoms with E-state index in [0.29, 0.717) is 24.0 Å². The third-order valence-electron chi connectivity index (χ3n) is 4.81. The first-order chi connectivity index (χ1) is 14.6. The first-order valence-electron chi connectivity index (χ1n) is 10.1. The van der Waals surface area contributed by atoms with Gasteiger partial charge in [0.1, 0.15) is 0 Å². The second kappa shape index (κ2) is 10.5. The molecule has 1 aliphatic carbocycles. The molecule has 1 N–H and O–H groups in total. The molecule has 0 saturated heterocycles. The molecule has 0 heterocycles. The minimum atomic E-state index is -0.583. The molecule has 0 bridgehead atoms. The fourth-order valence-electron chi connectivity index (χ4n) is 3.19. The van der Waals surface area contributed by atoms with Gasteiger partial charge in [0.2, 0.25) is 0 Å². The van der Waals surface area contributed by atoms with E-state index >= 15 is 0 Å². The van der Waals surface area contributed by atoms with Crippen LogP contribution in [0, 0.1) is 5.92 Å². The molecule has 0 aliphatic heterocycles. The Morgan fingerprint density at radius 3 is 2.57 bits per heavy atom. The lowest BCUT2D eigenvalue weighted by molar-refractivity contribution is -0.144. The van der Waals surface area contributed by atoms with Gasteiger partial charge in [-0.2, -0.15) is 0 Å². The summed E-state index contributed by atoms with van der Waals surface area (Å²) in [6, 6.07) is 15.2. The highest BCUT2D eigenvalue weighted by molar-refractivity contribution is 5.89. The van der Waals surface area contributed by atoms with E-state index in [1.165, 1.54) is 6.08 Å². The van der Waals surface area contributed by atoms with Gasteiger partial charge in [0, 0.05) is 6.08 Å². The van der Waals surface area contributed by atoms with Crippen molar-refractivity contribution < 1.29 is 23.8 Å². The number of methoxy groups -OCH3 is 1. The molecule has 30 heavy (non-hydrogen) atoms. The van der Waals surface area contributed by atoms with Gasteiger partial charge in [0.15, 0.2) is 18.1 Å². The lowest BCUT2D eigenvalue weighted by Crippen LogP contribution is -2.33. The molecule has 1 aliphatic rings. The van der Waals surface area contributed by atoms with Gasteiger partial charge in [-0.05, 0) is 55.0 Å². The molecule has 158 valence electrons. The number of carbonyl (C=O) groups excluding carboxylic acids is 2. The van der Waals surface area contributed by atoms with Crippen LogP contribution in [0.25, 0.3) is 6.08 Å². The summed E-state index contributed by atoms with van der Waals surface area (Å²) < 4.78 is 15.9. The fourth-order valence-corrected chi connectivity index (χ4v) is 3.19. The highest BCUT2D eigenvalue weighted by Gasteiger charge is 2.33. The van der Waals surface area contributed by atoms with E-state index in [1.807, 2.05) is 43.3 Å². The maximum atomic E-state index is 12.3. The quantitative estimate of drug-likeness (QED) is 0.476. The van der Waals surface area contributed by atoms with Gasteiger partial charge < -0.3 is 19.5 Å². The molecule has 1 amide bonds. The lowest BCUT2D eigenvalue weighted by atomic mass is 10.0. The van der Waals surface area contributed by atoms with Crippen molar-refractivity contribution >= 4 is 18.0 Å². The summed E-state index contributed by atoms with van der Waals surface area (Å²) in [5.41, 5.74) is 1.83. The summed E-state index contributed by atoms with van der Waals surface area (Å²) in [6.45, 7) is 2.11. The Balaban J connectivity index is 1.51. The third-order valence-corrected chi connectivity index (χ3v) is 4.81. The maximum Gasteiger partial charge on any atom is 0.331 e. The summed E-state index contributed by atoms with van der Waals surface area (Å²) in [5.74, 6) is 0.779. The molecule has 1 saturated carbocycles. The molecule has 3 rings (SSSR count). The van der Waals surface area contributed by atoms with Crippen LogP contribution in [0.2, 0.25) is 0 Å². The van der Waals surface area contributed by atoms with Crippen molar-refractivity contribution in [3.63, 3.8) is 0 Å². The van der Waals surface area contributed by atoms with Crippen LogP contribution >= 0.6 is 0 Å². The average Bonchev–Trinajstić information content (AvgIpc) is 3.61. The van der Waals surface area contributed by atoms with Crippen LogP contribution < -0.4 is 14.8 Å². The van der Waals surface area contributed by atoms with E-state index < -0.39 is 5.97 Å². The predicted octanol–water partition coefficient (Wildman–Crippen LogP) is 3.92. The minimum absolute atomic E-state index is 0.0377. The second-order valence-corrected chi connectivity index (χ2v) is 7.08. The van der Waals surface area contributed by atoms with Crippen LogP contribution in [0.5, 0.6) is 11.5 Å². The van der Waals surface area contributed by atoms with Crippen molar-refractivity contribution in [1.82, 2.24) is 5.32 Å². The molecule has 2 aromatic rings. The molecule has 6 heteroatoms. The molecule has 6 nitrogen and oxygen atoms in total. The Bertz CT molecular complexity index is 890. The standard InChI is InChI=1S/C24H27NO5/c1-3-29-20-13-9-17(15-21(20)28-2)10-14-23(27)30-16-22(26)25-24(19-11-12-19)18-7-5-4-6-8-18/h4-10,13-15,19,24H,3,11-12,16H2,1-2H3,(H,25,26)/b14-10+. The van der Waals surface area contributed by atoms with Crippen molar-refractivity contribution in [2.24, 2.45) is 5.92 Å². The molecule has 1 atom stereocenters. The fraction of sp³-hybridized carbons (Fsp3) is 0.333. The van der Waals surface area contributed by atoms with Crippen LogP contribution in [-0.4, -0.2) is 32.2 Å². The topological polar surface area (TPSA) is 73.9 Å². The number of hydrogen-bond donors (Lipinski definition) is 1. The number of benzene rings is 2. The largest absolute Gasteiger partial charge is 0.493 e. The zero-order valence-electron chi connectivity index (χ0n) is 17.3. The Labute approximate surface area is 176 Å². The molecule has 1 unspecified atom stereocenters. The molecule has 1 fully saturated rings. The molecular formula is C24H27NO5. The van der Waals surface area contributed by atoms with Gasteiger partial charge in [0.25, 0.3) is 5.91 Å². The summed E-state index contributed by atoms with van der Waals surface area (Å²) in [7, 11) is 1.56. The Morgan fingerprint density at radius 2 is 1.90 bits per heavy atom. The summed E-state index contributed by atoms with van der Waals surface area (Å²) in [4.78, 5) is 24.3.